The zero-order valence-electron chi connectivity index (χ0n) is 19.3. The van der Waals surface area contributed by atoms with Crippen LogP contribution in [-0.2, 0) is 24.1 Å². The summed E-state index contributed by atoms with van der Waals surface area (Å²) in [5.41, 5.74) is 5.06. The number of carbonyl (C=O) groups is 1. The highest BCUT2D eigenvalue weighted by Gasteiger charge is 2.07. The molecule has 4 nitrogen and oxygen atoms in total. The van der Waals surface area contributed by atoms with Crippen molar-refractivity contribution in [2.45, 2.75) is 71.6 Å². The van der Waals surface area contributed by atoms with Crippen LogP contribution in [0.4, 0.5) is 0 Å². The molecular formula is C28H34N2O2. The van der Waals surface area contributed by atoms with Crippen molar-refractivity contribution in [1.82, 2.24) is 9.97 Å². The van der Waals surface area contributed by atoms with E-state index in [0.717, 1.165) is 31.2 Å². The van der Waals surface area contributed by atoms with E-state index in [4.69, 9.17) is 4.74 Å². The van der Waals surface area contributed by atoms with Gasteiger partial charge in [-0.1, -0.05) is 81.6 Å². The Kier molecular flexibility index (Phi) is 9.42. The van der Waals surface area contributed by atoms with Gasteiger partial charge in [0.15, 0.2) is 11.6 Å². The van der Waals surface area contributed by atoms with Crippen LogP contribution in [0.2, 0.25) is 0 Å². The predicted octanol–water partition coefficient (Wildman–Crippen LogP) is 6.76. The molecule has 0 fully saturated rings. The van der Waals surface area contributed by atoms with E-state index >= 15 is 0 Å². The van der Waals surface area contributed by atoms with E-state index < -0.39 is 0 Å². The van der Waals surface area contributed by atoms with Crippen molar-refractivity contribution in [3.05, 3.63) is 77.6 Å². The summed E-state index contributed by atoms with van der Waals surface area (Å²) in [6, 6.07) is 17.4. The van der Waals surface area contributed by atoms with Crippen LogP contribution in [0.15, 0.2) is 60.9 Å². The molecule has 1 heterocycles. The van der Waals surface area contributed by atoms with Gasteiger partial charge in [0.25, 0.3) is 0 Å². The largest absolute Gasteiger partial charge is 0.423 e. The van der Waals surface area contributed by atoms with Crippen LogP contribution in [0.25, 0.3) is 11.4 Å². The molecule has 0 spiro atoms. The van der Waals surface area contributed by atoms with Gasteiger partial charge in [-0.05, 0) is 48.8 Å². The summed E-state index contributed by atoms with van der Waals surface area (Å²) < 4.78 is 5.27. The van der Waals surface area contributed by atoms with Gasteiger partial charge in [-0.3, -0.25) is 4.79 Å². The molecular weight excluding hydrogens is 396 g/mol. The fourth-order valence-electron chi connectivity index (χ4n) is 3.58. The number of benzene rings is 2. The van der Waals surface area contributed by atoms with E-state index in [1.54, 1.807) is 12.4 Å². The molecule has 0 aliphatic carbocycles. The first-order valence-corrected chi connectivity index (χ1v) is 11.9. The molecule has 0 N–H and O–H groups in total. The lowest BCUT2D eigenvalue weighted by Crippen LogP contribution is -2.07. The fraction of sp³-hybridized carbons (Fsp3) is 0.393. The number of esters is 1. The average molecular weight is 431 g/mol. The summed E-state index contributed by atoms with van der Waals surface area (Å²) in [5, 5.41) is 0. The van der Waals surface area contributed by atoms with Gasteiger partial charge in [0.05, 0.1) is 12.4 Å². The highest BCUT2D eigenvalue weighted by atomic mass is 16.5. The van der Waals surface area contributed by atoms with Crippen LogP contribution >= 0.6 is 0 Å². The number of ether oxygens (including phenoxy) is 1. The maximum absolute atomic E-state index is 11.7. The minimum absolute atomic E-state index is 0.237. The molecule has 4 heteroatoms. The van der Waals surface area contributed by atoms with E-state index in [1.807, 2.05) is 6.92 Å². The molecule has 0 aliphatic heterocycles. The summed E-state index contributed by atoms with van der Waals surface area (Å²) in [5.74, 6) is 0.783. The smallest absolute Gasteiger partial charge is 0.311 e. The van der Waals surface area contributed by atoms with E-state index in [9.17, 15) is 4.79 Å². The summed E-state index contributed by atoms with van der Waals surface area (Å²) in [6.45, 7) is 4.29. The highest BCUT2D eigenvalue weighted by Crippen LogP contribution is 2.19. The van der Waals surface area contributed by atoms with Gasteiger partial charge >= 0.3 is 5.97 Å². The number of carbonyl (C=O) groups excluding carboxylic acids is 1. The first-order valence-electron chi connectivity index (χ1n) is 11.9. The van der Waals surface area contributed by atoms with Gasteiger partial charge in [0, 0.05) is 12.0 Å². The van der Waals surface area contributed by atoms with E-state index in [0.29, 0.717) is 18.0 Å². The lowest BCUT2D eigenvalue weighted by Gasteiger charge is -2.07. The number of rotatable bonds is 12. The number of hydrogen-bond donors (Lipinski definition) is 0. The zero-order chi connectivity index (χ0) is 22.6. The van der Waals surface area contributed by atoms with Crippen molar-refractivity contribution < 1.29 is 9.53 Å². The first-order chi connectivity index (χ1) is 15.7. The van der Waals surface area contributed by atoms with Gasteiger partial charge in [-0.2, -0.15) is 0 Å². The van der Waals surface area contributed by atoms with E-state index in [-0.39, 0.29) is 5.97 Å². The number of unbranched alkanes of at least 4 members (excludes halogenated alkanes) is 3. The van der Waals surface area contributed by atoms with Gasteiger partial charge in [-0.15, -0.1) is 0 Å². The third kappa shape index (κ3) is 7.60. The molecule has 2 aromatic carbocycles. The highest BCUT2D eigenvalue weighted by molar-refractivity contribution is 5.72. The fourth-order valence-corrected chi connectivity index (χ4v) is 3.58. The minimum atomic E-state index is -0.237. The lowest BCUT2D eigenvalue weighted by atomic mass is 10.0. The van der Waals surface area contributed by atoms with Crippen molar-refractivity contribution in [2.24, 2.45) is 0 Å². The Morgan fingerprint density at radius 3 is 1.81 bits per heavy atom. The van der Waals surface area contributed by atoms with Gasteiger partial charge in [0.1, 0.15) is 0 Å². The van der Waals surface area contributed by atoms with Crippen molar-refractivity contribution in [3.8, 4) is 17.1 Å². The number of hydrogen-bond acceptors (Lipinski definition) is 4. The normalized spacial score (nSPS) is 10.8. The maximum Gasteiger partial charge on any atom is 0.311 e. The molecule has 3 aromatic rings. The van der Waals surface area contributed by atoms with Crippen LogP contribution in [0.3, 0.4) is 0 Å². The molecule has 3 rings (SSSR count). The second-order valence-corrected chi connectivity index (χ2v) is 8.29. The van der Waals surface area contributed by atoms with Crippen LogP contribution in [0.1, 0.15) is 69.1 Å². The second-order valence-electron chi connectivity index (χ2n) is 8.29. The summed E-state index contributed by atoms with van der Waals surface area (Å²) >= 11 is 0. The molecule has 168 valence electrons. The quantitative estimate of drug-likeness (QED) is 0.235. The molecule has 0 radical (unpaired) electrons. The standard InChI is InChI=1S/C28H34N2O2/c1-3-5-7-8-22-10-12-23(13-11-22)14-15-24-16-18-25(19-17-24)28-29-20-26(21-30-28)32-27(31)9-6-4-2/h10-13,16-21H,3-9,14-15H2,1-2H3. The topological polar surface area (TPSA) is 52.1 Å². The Balaban J connectivity index is 1.50. The van der Waals surface area contributed by atoms with E-state index in [2.05, 4.69) is 65.4 Å². The average Bonchev–Trinajstić information content (AvgIpc) is 2.83. The maximum atomic E-state index is 11.7. The number of aryl methyl sites for hydroxylation is 3. The first kappa shape index (κ1) is 23.6. The van der Waals surface area contributed by atoms with Crippen LogP contribution in [0.5, 0.6) is 5.75 Å². The SMILES string of the molecule is CCCCCc1ccc(CCc2ccc(-c3ncc(OC(=O)CCCC)cn3)cc2)cc1. The molecule has 0 amide bonds. The molecule has 0 bridgehead atoms. The Morgan fingerprint density at radius 2 is 1.25 bits per heavy atom. The van der Waals surface area contributed by atoms with Gasteiger partial charge in [0.2, 0.25) is 0 Å². The third-order valence-corrected chi connectivity index (χ3v) is 5.60. The summed E-state index contributed by atoms with van der Waals surface area (Å²) in [4.78, 5) is 20.4. The molecule has 0 aliphatic rings. The van der Waals surface area contributed by atoms with Crippen LogP contribution < -0.4 is 4.74 Å². The Bertz CT molecular complexity index is 948. The third-order valence-electron chi connectivity index (χ3n) is 5.60. The molecule has 0 saturated carbocycles. The van der Waals surface area contributed by atoms with Crippen molar-refractivity contribution in [2.75, 3.05) is 0 Å². The molecule has 0 unspecified atom stereocenters. The molecule has 32 heavy (non-hydrogen) atoms. The van der Waals surface area contributed by atoms with Crippen molar-refractivity contribution >= 4 is 5.97 Å². The van der Waals surface area contributed by atoms with Crippen molar-refractivity contribution in [1.29, 1.82) is 0 Å². The van der Waals surface area contributed by atoms with Crippen LogP contribution in [-0.4, -0.2) is 15.9 Å². The monoisotopic (exact) mass is 430 g/mol. The van der Waals surface area contributed by atoms with Gasteiger partial charge in [-0.25, -0.2) is 9.97 Å². The Hall–Kier alpha value is -3.01. The molecule has 0 saturated heterocycles. The second kappa shape index (κ2) is 12.7. The van der Waals surface area contributed by atoms with Crippen molar-refractivity contribution in [3.63, 3.8) is 0 Å². The number of aromatic nitrogens is 2. The summed E-state index contributed by atoms with van der Waals surface area (Å²) in [6.07, 6.45) is 12.4. The van der Waals surface area contributed by atoms with E-state index in [1.165, 1.54) is 42.4 Å². The zero-order valence-corrected chi connectivity index (χ0v) is 19.3. The molecule has 1 aromatic heterocycles. The molecule has 0 atom stereocenters. The Morgan fingerprint density at radius 1 is 0.719 bits per heavy atom. The van der Waals surface area contributed by atoms with Gasteiger partial charge < -0.3 is 4.74 Å². The predicted molar refractivity (Wildman–Crippen MR) is 130 cm³/mol. The number of nitrogens with zero attached hydrogens (tertiary/aromatic N) is 2. The minimum Gasteiger partial charge on any atom is -0.423 e. The lowest BCUT2D eigenvalue weighted by molar-refractivity contribution is -0.134. The Labute approximate surface area is 192 Å². The van der Waals surface area contributed by atoms with Crippen LogP contribution in [0, 0.1) is 0 Å². The summed E-state index contributed by atoms with van der Waals surface area (Å²) in [7, 11) is 0.